The molecule has 4 nitrogen and oxygen atoms in total. The minimum atomic E-state index is -0.367. The van der Waals surface area contributed by atoms with Gasteiger partial charge in [-0.25, -0.2) is 0 Å². The molecule has 0 radical (unpaired) electrons. The Hall–Kier alpha value is -1.26. The summed E-state index contributed by atoms with van der Waals surface area (Å²) in [6.07, 6.45) is 2.09. The van der Waals surface area contributed by atoms with Gasteiger partial charge in [0.15, 0.2) is 11.5 Å². The topological polar surface area (TPSA) is 47.9 Å². The molecule has 0 saturated carbocycles. The van der Waals surface area contributed by atoms with Crippen molar-refractivity contribution >= 4 is 0 Å². The SMILES string of the molecule is COc1c(OC2CCCOC2)cccc1C(C)(C)CO. The summed E-state index contributed by atoms with van der Waals surface area (Å²) < 4.78 is 17.0. The fourth-order valence-electron chi connectivity index (χ4n) is 2.42. The van der Waals surface area contributed by atoms with Gasteiger partial charge in [0.2, 0.25) is 0 Å². The van der Waals surface area contributed by atoms with Gasteiger partial charge in [0.1, 0.15) is 6.10 Å². The molecule has 0 bridgehead atoms. The fraction of sp³-hybridized carbons (Fsp3) is 0.625. The normalized spacial score (nSPS) is 19.7. The predicted molar refractivity (Wildman–Crippen MR) is 77.6 cm³/mol. The molecule has 1 aliphatic heterocycles. The Morgan fingerprint density at radius 2 is 2.20 bits per heavy atom. The Morgan fingerprint density at radius 1 is 1.40 bits per heavy atom. The number of rotatable bonds is 5. The lowest BCUT2D eigenvalue weighted by atomic mass is 9.85. The lowest BCUT2D eigenvalue weighted by Gasteiger charge is -2.28. The average Bonchev–Trinajstić information content (AvgIpc) is 2.48. The summed E-state index contributed by atoms with van der Waals surface area (Å²) in [7, 11) is 1.64. The Balaban J connectivity index is 2.26. The molecule has 1 aliphatic rings. The third-order valence-corrected chi connectivity index (χ3v) is 3.72. The van der Waals surface area contributed by atoms with Crippen LogP contribution in [0.15, 0.2) is 18.2 Å². The first-order chi connectivity index (χ1) is 9.58. The first-order valence-corrected chi connectivity index (χ1v) is 7.11. The summed E-state index contributed by atoms with van der Waals surface area (Å²) in [5.41, 5.74) is 0.588. The van der Waals surface area contributed by atoms with Crippen LogP contribution in [0.4, 0.5) is 0 Å². The van der Waals surface area contributed by atoms with Gasteiger partial charge in [-0.1, -0.05) is 26.0 Å². The molecule has 0 spiro atoms. The number of methoxy groups -OCH3 is 1. The molecule has 1 saturated heterocycles. The number of benzene rings is 1. The number of hydrogen-bond acceptors (Lipinski definition) is 4. The molecule has 1 atom stereocenters. The minimum Gasteiger partial charge on any atom is -0.493 e. The van der Waals surface area contributed by atoms with E-state index in [1.165, 1.54) is 0 Å². The minimum absolute atomic E-state index is 0.0549. The maximum atomic E-state index is 9.56. The van der Waals surface area contributed by atoms with E-state index in [9.17, 15) is 5.11 Å². The van der Waals surface area contributed by atoms with Crippen LogP contribution in [0, 0.1) is 0 Å². The second-order valence-corrected chi connectivity index (χ2v) is 5.84. The molecular formula is C16H24O4. The van der Waals surface area contributed by atoms with Gasteiger partial charge in [-0.05, 0) is 18.9 Å². The molecule has 112 valence electrons. The molecule has 2 rings (SSSR count). The van der Waals surface area contributed by atoms with Crippen LogP contribution in [0.1, 0.15) is 32.3 Å². The van der Waals surface area contributed by atoms with Gasteiger partial charge in [0, 0.05) is 17.6 Å². The highest BCUT2D eigenvalue weighted by molar-refractivity contribution is 5.50. The predicted octanol–water partition coefficient (Wildman–Crippen LogP) is 2.52. The summed E-state index contributed by atoms with van der Waals surface area (Å²) in [4.78, 5) is 0. The first kappa shape index (κ1) is 15.1. The Labute approximate surface area is 120 Å². The number of hydrogen-bond donors (Lipinski definition) is 1. The second kappa shape index (κ2) is 6.46. The van der Waals surface area contributed by atoms with Crippen LogP contribution in [0.5, 0.6) is 11.5 Å². The number of ether oxygens (including phenoxy) is 3. The van der Waals surface area contributed by atoms with E-state index in [4.69, 9.17) is 14.2 Å². The van der Waals surface area contributed by atoms with Crippen molar-refractivity contribution in [3.8, 4) is 11.5 Å². The average molecular weight is 280 g/mol. The van der Waals surface area contributed by atoms with E-state index in [1.807, 2.05) is 32.0 Å². The van der Waals surface area contributed by atoms with Crippen molar-refractivity contribution < 1.29 is 19.3 Å². The quantitative estimate of drug-likeness (QED) is 0.900. The summed E-state index contributed by atoms with van der Waals surface area (Å²) in [5, 5.41) is 9.56. The highest BCUT2D eigenvalue weighted by Gasteiger charge is 2.27. The van der Waals surface area contributed by atoms with Crippen LogP contribution in [0.2, 0.25) is 0 Å². The van der Waals surface area contributed by atoms with Gasteiger partial charge in [0.25, 0.3) is 0 Å². The van der Waals surface area contributed by atoms with Gasteiger partial charge >= 0.3 is 0 Å². The maximum Gasteiger partial charge on any atom is 0.164 e. The zero-order chi connectivity index (χ0) is 14.6. The Morgan fingerprint density at radius 3 is 2.80 bits per heavy atom. The largest absolute Gasteiger partial charge is 0.493 e. The van der Waals surface area contributed by atoms with E-state index in [2.05, 4.69) is 0 Å². The lowest BCUT2D eigenvalue weighted by molar-refractivity contribution is 0.00631. The van der Waals surface area contributed by atoms with Crippen molar-refractivity contribution in [3.05, 3.63) is 23.8 Å². The monoisotopic (exact) mass is 280 g/mol. The van der Waals surface area contributed by atoms with Crippen molar-refractivity contribution in [2.75, 3.05) is 26.9 Å². The second-order valence-electron chi connectivity index (χ2n) is 5.84. The summed E-state index contributed by atoms with van der Waals surface area (Å²) in [6.45, 7) is 5.46. The maximum absolute atomic E-state index is 9.56. The van der Waals surface area contributed by atoms with E-state index >= 15 is 0 Å². The molecule has 1 fully saturated rings. The third-order valence-electron chi connectivity index (χ3n) is 3.72. The molecule has 0 aliphatic carbocycles. The molecule has 0 amide bonds. The Bertz CT molecular complexity index is 436. The van der Waals surface area contributed by atoms with Crippen LogP contribution in [-0.2, 0) is 10.2 Å². The zero-order valence-electron chi connectivity index (χ0n) is 12.5. The zero-order valence-corrected chi connectivity index (χ0v) is 12.5. The Kier molecular flexibility index (Phi) is 4.89. The molecule has 0 aromatic heterocycles. The number of aliphatic hydroxyl groups excluding tert-OH is 1. The third kappa shape index (κ3) is 3.25. The lowest BCUT2D eigenvalue weighted by Crippen LogP contribution is -2.28. The molecular weight excluding hydrogens is 256 g/mol. The van der Waals surface area contributed by atoms with Gasteiger partial charge in [0.05, 0.1) is 20.3 Å². The summed E-state index contributed by atoms with van der Waals surface area (Å²) in [6, 6.07) is 5.82. The van der Waals surface area contributed by atoms with Gasteiger partial charge < -0.3 is 19.3 Å². The standard InChI is InChI=1S/C16H24O4/c1-16(2,11-17)13-7-4-8-14(15(13)18-3)20-12-6-5-9-19-10-12/h4,7-8,12,17H,5-6,9-11H2,1-3H3. The van der Waals surface area contributed by atoms with Gasteiger partial charge in [-0.3, -0.25) is 0 Å². The van der Waals surface area contributed by atoms with E-state index in [0.717, 1.165) is 30.8 Å². The summed E-state index contributed by atoms with van der Waals surface area (Å²) >= 11 is 0. The van der Waals surface area contributed by atoms with E-state index in [0.29, 0.717) is 12.4 Å². The van der Waals surface area contributed by atoms with Crippen molar-refractivity contribution in [1.82, 2.24) is 0 Å². The molecule has 1 unspecified atom stereocenters. The molecule has 20 heavy (non-hydrogen) atoms. The highest BCUT2D eigenvalue weighted by Crippen LogP contribution is 2.39. The van der Waals surface area contributed by atoms with E-state index in [1.54, 1.807) is 7.11 Å². The highest BCUT2D eigenvalue weighted by atomic mass is 16.5. The van der Waals surface area contributed by atoms with Crippen molar-refractivity contribution in [2.24, 2.45) is 0 Å². The number of para-hydroxylation sites is 1. The first-order valence-electron chi connectivity index (χ1n) is 7.11. The van der Waals surface area contributed by atoms with Crippen LogP contribution >= 0.6 is 0 Å². The molecule has 1 aromatic rings. The van der Waals surface area contributed by atoms with Crippen LogP contribution < -0.4 is 9.47 Å². The van der Waals surface area contributed by atoms with E-state index in [-0.39, 0.29) is 18.1 Å². The molecule has 1 heterocycles. The molecule has 1 aromatic carbocycles. The fourth-order valence-corrected chi connectivity index (χ4v) is 2.42. The van der Waals surface area contributed by atoms with Gasteiger partial charge in [-0.2, -0.15) is 0 Å². The van der Waals surface area contributed by atoms with Crippen molar-refractivity contribution in [3.63, 3.8) is 0 Å². The number of aliphatic hydroxyl groups is 1. The molecule has 4 heteroatoms. The van der Waals surface area contributed by atoms with Gasteiger partial charge in [-0.15, -0.1) is 0 Å². The van der Waals surface area contributed by atoms with Crippen molar-refractivity contribution in [1.29, 1.82) is 0 Å². The van der Waals surface area contributed by atoms with Crippen molar-refractivity contribution in [2.45, 2.75) is 38.2 Å². The molecule has 1 N–H and O–H groups in total. The van der Waals surface area contributed by atoms with Crippen LogP contribution in [0.25, 0.3) is 0 Å². The smallest absolute Gasteiger partial charge is 0.164 e. The van der Waals surface area contributed by atoms with E-state index < -0.39 is 0 Å². The van der Waals surface area contributed by atoms with Crippen LogP contribution in [-0.4, -0.2) is 38.1 Å². The van der Waals surface area contributed by atoms with Crippen LogP contribution in [0.3, 0.4) is 0 Å². The summed E-state index contributed by atoms with van der Waals surface area (Å²) in [5.74, 6) is 1.43.